The van der Waals surface area contributed by atoms with Gasteiger partial charge in [0.1, 0.15) is 5.75 Å². The van der Waals surface area contributed by atoms with Crippen molar-refractivity contribution in [3.8, 4) is 28.7 Å². The quantitative estimate of drug-likeness (QED) is 0.180. The molecule has 0 aliphatic rings. The van der Waals surface area contributed by atoms with Gasteiger partial charge in [-0.15, -0.1) is 0 Å². The van der Waals surface area contributed by atoms with Gasteiger partial charge in [-0.05, 0) is 24.3 Å². The maximum absolute atomic E-state index is 11.9. The fourth-order valence-corrected chi connectivity index (χ4v) is 1.75. The van der Waals surface area contributed by atoms with Crippen LogP contribution in [0, 0.1) is 0 Å². The lowest BCUT2D eigenvalue weighted by molar-refractivity contribution is -0.131. The van der Waals surface area contributed by atoms with Crippen LogP contribution in [0.2, 0.25) is 0 Å². The van der Waals surface area contributed by atoms with Crippen LogP contribution < -0.4 is 4.74 Å². The second-order valence-corrected chi connectivity index (χ2v) is 4.56. The first kappa shape index (κ1) is 16.6. The molecule has 0 atom stereocenters. The van der Waals surface area contributed by atoms with Gasteiger partial charge in [0.15, 0.2) is 23.0 Å². The first-order valence-corrected chi connectivity index (χ1v) is 6.28. The summed E-state index contributed by atoms with van der Waals surface area (Å²) in [5, 5.41) is 46.3. The van der Waals surface area contributed by atoms with Crippen molar-refractivity contribution in [1.29, 1.82) is 0 Å². The summed E-state index contributed by atoms with van der Waals surface area (Å²) in [5.74, 6) is -7.53. The molecule has 0 aliphatic carbocycles. The van der Waals surface area contributed by atoms with Crippen LogP contribution in [0.1, 0.15) is 20.7 Å². The van der Waals surface area contributed by atoms with Gasteiger partial charge in [0, 0.05) is 6.07 Å². The molecular formula is C15H10O9. The van der Waals surface area contributed by atoms with Crippen LogP contribution in [0.4, 0.5) is 0 Å². The smallest absolute Gasteiger partial charge is 0.377 e. The lowest BCUT2D eigenvalue weighted by Gasteiger charge is -2.09. The molecule has 0 saturated heterocycles. The van der Waals surface area contributed by atoms with E-state index in [2.05, 4.69) is 0 Å². The maximum atomic E-state index is 11.9. The summed E-state index contributed by atoms with van der Waals surface area (Å²) in [7, 11) is 0. The van der Waals surface area contributed by atoms with E-state index in [1.54, 1.807) is 0 Å². The number of Topliss-reactive ketones (excluding diaryl/α,β-unsaturated/α-hetero) is 1. The number of benzene rings is 2. The van der Waals surface area contributed by atoms with Gasteiger partial charge in [0.25, 0.3) is 5.78 Å². The highest BCUT2D eigenvalue weighted by Gasteiger charge is 2.23. The molecule has 9 heteroatoms. The van der Waals surface area contributed by atoms with E-state index in [0.29, 0.717) is 12.1 Å². The first-order valence-electron chi connectivity index (χ1n) is 6.28. The fourth-order valence-electron chi connectivity index (χ4n) is 1.75. The summed E-state index contributed by atoms with van der Waals surface area (Å²) >= 11 is 0. The summed E-state index contributed by atoms with van der Waals surface area (Å²) in [6, 6.07) is 4.39. The van der Waals surface area contributed by atoms with E-state index in [0.717, 1.165) is 18.2 Å². The van der Waals surface area contributed by atoms with Crippen molar-refractivity contribution in [2.45, 2.75) is 0 Å². The Hall–Kier alpha value is -3.75. The lowest BCUT2D eigenvalue weighted by atomic mass is 10.1. The number of ketones is 1. The Kier molecular flexibility index (Phi) is 4.27. The number of phenols is 4. The number of ether oxygens (including phenoxy) is 1. The number of aliphatic carboxylic acids is 1. The van der Waals surface area contributed by atoms with Crippen molar-refractivity contribution < 1.29 is 44.7 Å². The Morgan fingerprint density at radius 3 is 2.04 bits per heavy atom. The molecule has 124 valence electrons. The molecule has 0 bridgehead atoms. The number of rotatable bonds is 4. The van der Waals surface area contributed by atoms with Crippen LogP contribution in [-0.2, 0) is 4.79 Å². The Balaban J connectivity index is 2.36. The van der Waals surface area contributed by atoms with Gasteiger partial charge in [-0.2, -0.15) is 0 Å². The second-order valence-electron chi connectivity index (χ2n) is 4.56. The minimum Gasteiger partial charge on any atom is -0.507 e. The highest BCUT2D eigenvalue weighted by molar-refractivity contribution is 6.40. The third kappa shape index (κ3) is 3.19. The molecule has 0 aromatic heterocycles. The van der Waals surface area contributed by atoms with E-state index in [9.17, 15) is 34.8 Å². The predicted molar refractivity (Wildman–Crippen MR) is 76.5 cm³/mol. The van der Waals surface area contributed by atoms with Crippen molar-refractivity contribution in [3.05, 3.63) is 41.5 Å². The number of hydrogen-bond donors (Lipinski definition) is 5. The number of carboxylic acid groups (broad SMARTS) is 1. The molecule has 0 aliphatic heterocycles. The van der Waals surface area contributed by atoms with Crippen molar-refractivity contribution >= 4 is 17.7 Å². The summed E-state index contributed by atoms with van der Waals surface area (Å²) in [4.78, 5) is 34.0. The number of aromatic hydroxyl groups is 4. The van der Waals surface area contributed by atoms with Gasteiger partial charge in [-0.3, -0.25) is 4.79 Å². The van der Waals surface area contributed by atoms with Crippen LogP contribution in [0.25, 0.3) is 0 Å². The Bertz CT molecular complexity index is 854. The van der Waals surface area contributed by atoms with Crippen molar-refractivity contribution in [3.63, 3.8) is 0 Å². The Morgan fingerprint density at radius 2 is 1.46 bits per heavy atom. The molecule has 2 aromatic carbocycles. The molecule has 0 heterocycles. The van der Waals surface area contributed by atoms with Gasteiger partial charge in [0.05, 0.1) is 11.1 Å². The summed E-state index contributed by atoms with van der Waals surface area (Å²) < 4.78 is 4.81. The zero-order valence-electron chi connectivity index (χ0n) is 11.8. The highest BCUT2D eigenvalue weighted by atomic mass is 16.5. The molecule has 0 radical (unpaired) electrons. The molecule has 5 N–H and O–H groups in total. The minimum absolute atomic E-state index is 0.191. The normalized spacial score (nSPS) is 10.2. The van der Waals surface area contributed by atoms with Crippen LogP contribution in [-0.4, -0.2) is 43.3 Å². The largest absolute Gasteiger partial charge is 0.507 e. The Labute approximate surface area is 133 Å². The van der Waals surface area contributed by atoms with E-state index in [1.165, 1.54) is 0 Å². The van der Waals surface area contributed by atoms with Gasteiger partial charge >= 0.3 is 11.9 Å². The van der Waals surface area contributed by atoms with Gasteiger partial charge in [-0.25, -0.2) is 9.59 Å². The minimum atomic E-state index is -1.85. The van der Waals surface area contributed by atoms with Gasteiger partial charge < -0.3 is 30.3 Å². The number of hydrogen-bond acceptors (Lipinski definition) is 8. The molecule has 0 amide bonds. The fraction of sp³-hybridized carbons (Fsp3) is 0. The zero-order valence-corrected chi connectivity index (χ0v) is 11.8. The van der Waals surface area contributed by atoms with Crippen LogP contribution in [0.3, 0.4) is 0 Å². The van der Waals surface area contributed by atoms with E-state index in [-0.39, 0.29) is 5.56 Å². The zero-order chi connectivity index (χ0) is 18.0. The number of carboxylic acids is 1. The van der Waals surface area contributed by atoms with Crippen LogP contribution in [0.5, 0.6) is 28.7 Å². The van der Waals surface area contributed by atoms with Crippen molar-refractivity contribution in [2.24, 2.45) is 0 Å². The predicted octanol–water partition coefficient (Wildman–Crippen LogP) is 0.996. The van der Waals surface area contributed by atoms with Gasteiger partial charge in [0.2, 0.25) is 0 Å². The average molecular weight is 334 g/mol. The average Bonchev–Trinajstić information content (AvgIpc) is 2.51. The molecule has 0 fully saturated rings. The molecule has 9 nitrogen and oxygen atoms in total. The molecule has 2 aromatic rings. The van der Waals surface area contributed by atoms with Crippen LogP contribution in [0.15, 0.2) is 30.3 Å². The third-order valence-electron chi connectivity index (χ3n) is 2.93. The third-order valence-corrected chi connectivity index (χ3v) is 2.93. The first-order chi connectivity index (χ1) is 11.2. The van der Waals surface area contributed by atoms with E-state index in [4.69, 9.17) is 9.84 Å². The molecule has 0 spiro atoms. The summed E-state index contributed by atoms with van der Waals surface area (Å²) in [5.41, 5.74) is -0.875. The van der Waals surface area contributed by atoms with Gasteiger partial charge in [-0.1, -0.05) is 0 Å². The second kappa shape index (κ2) is 6.16. The number of phenolic OH excluding ortho intramolecular Hbond substituents is 4. The molecule has 0 unspecified atom stereocenters. The van der Waals surface area contributed by atoms with E-state index >= 15 is 0 Å². The number of esters is 1. The topological polar surface area (TPSA) is 162 Å². The monoisotopic (exact) mass is 334 g/mol. The maximum Gasteiger partial charge on any atom is 0.377 e. The lowest BCUT2D eigenvalue weighted by Crippen LogP contribution is -2.14. The standard InChI is InChI=1S/C15H10O9/c16-8-2-1-6(3-10(8)18)15(23)24-12-4-7(13(20)14(21)22)9(17)5-11(12)19/h1-5,16-19H,(H,21,22). The highest BCUT2D eigenvalue weighted by Crippen LogP contribution is 2.34. The summed E-state index contributed by atoms with van der Waals surface area (Å²) in [6.07, 6.45) is 0. The SMILES string of the molecule is O=C(O)C(=O)c1cc(OC(=O)c2ccc(O)c(O)c2)c(O)cc1O. The van der Waals surface area contributed by atoms with Crippen LogP contribution >= 0.6 is 0 Å². The molecule has 0 saturated carbocycles. The van der Waals surface area contributed by atoms with Crippen molar-refractivity contribution in [2.75, 3.05) is 0 Å². The summed E-state index contributed by atoms with van der Waals surface area (Å²) in [6.45, 7) is 0. The molecular weight excluding hydrogens is 324 g/mol. The number of carbonyl (C=O) groups is 3. The number of carbonyl (C=O) groups excluding carboxylic acids is 2. The molecule has 2 rings (SSSR count). The van der Waals surface area contributed by atoms with Crippen molar-refractivity contribution in [1.82, 2.24) is 0 Å². The molecule has 24 heavy (non-hydrogen) atoms. The van der Waals surface area contributed by atoms with E-state index < -0.39 is 52.0 Å². The Morgan fingerprint density at radius 1 is 0.792 bits per heavy atom. The van der Waals surface area contributed by atoms with E-state index in [1.807, 2.05) is 0 Å².